The summed E-state index contributed by atoms with van der Waals surface area (Å²) >= 11 is 0. The molecule has 88 valence electrons. The highest BCUT2D eigenvalue weighted by atomic mass is 16.4. The first-order valence-electron chi connectivity index (χ1n) is 5.21. The largest absolute Gasteiger partial charge is 0.465 e. The molecule has 5 heteroatoms. The molecule has 5 nitrogen and oxygen atoms in total. The van der Waals surface area contributed by atoms with Crippen molar-refractivity contribution in [3.63, 3.8) is 0 Å². The Bertz CT molecular complexity index is 517. The van der Waals surface area contributed by atoms with Gasteiger partial charge in [0, 0.05) is 25.4 Å². The van der Waals surface area contributed by atoms with E-state index in [9.17, 15) is 4.79 Å². The van der Waals surface area contributed by atoms with E-state index in [-0.39, 0.29) is 0 Å². The Morgan fingerprint density at radius 3 is 2.59 bits per heavy atom. The van der Waals surface area contributed by atoms with E-state index in [0.29, 0.717) is 6.54 Å². The second-order valence-electron chi connectivity index (χ2n) is 3.73. The molecule has 0 saturated carbocycles. The molecule has 0 radical (unpaired) electrons. The number of amides is 1. The topological polar surface area (TPSA) is 67.2 Å². The number of nitrogens with one attached hydrogen (secondary N) is 1. The molecule has 2 N–H and O–H groups in total. The summed E-state index contributed by atoms with van der Waals surface area (Å²) in [6.07, 6.45) is 0.869. The minimum absolute atomic E-state index is 0.317. The molecule has 0 saturated heterocycles. The number of hydrogen-bond donors (Lipinski definition) is 2. The molecule has 0 aliphatic carbocycles. The molecule has 1 heterocycles. The van der Waals surface area contributed by atoms with Crippen molar-refractivity contribution in [3.8, 4) is 11.3 Å². The fourth-order valence-electron chi connectivity index (χ4n) is 1.54. The van der Waals surface area contributed by atoms with E-state index in [2.05, 4.69) is 10.4 Å². The fourth-order valence-corrected chi connectivity index (χ4v) is 1.54. The highest BCUT2D eigenvalue weighted by molar-refractivity contribution is 5.64. The van der Waals surface area contributed by atoms with Crippen LogP contribution >= 0.6 is 0 Å². The van der Waals surface area contributed by atoms with E-state index >= 15 is 0 Å². The lowest BCUT2D eigenvalue weighted by Crippen LogP contribution is -2.19. The van der Waals surface area contributed by atoms with Crippen molar-refractivity contribution in [1.82, 2.24) is 15.1 Å². The summed E-state index contributed by atoms with van der Waals surface area (Å²) in [6.45, 7) is 0.317. The van der Waals surface area contributed by atoms with Crippen molar-refractivity contribution >= 4 is 6.09 Å². The standard InChI is InChI=1S/C12H13N3O2/c1-15-7-6-11(14-15)10-4-2-9(3-5-10)8-13-12(16)17/h2-7,13H,8H2,1H3,(H,16,17). The van der Waals surface area contributed by atoms with Crippen molar-refractivity contribution in [1.29, 1.82) is 0 Å². The lowest BCUT2D eigenvalue weighted by Gasteiger charge is -2.02. The van der Waals surface area contributed by atoms with Gasteiger partial charge in [0.2, 0.25) is 0 Å². The maximum atomic E-state index is 10.3. The van der Waals surface area contributed by atoms with Crippen LogP contribution in [0.5, 0.6) is 0 Å². The first-order chi connectivity index (χ1) is 8.15. The molecule has 2 rings (SSSR count). The highest BCUT2D eigenvalue weighted by Crippen LogP contribution is 2.17. The molecule has 2 aromatic rings. The fraction of sp³-hybridized carbons (Fsp3) is 0.167. The summed E-state index contributed by atoms with van der Waals surface area (Å²) in [5.41, 5.74) is 2.85. The van der Waals surface area contributed by atoms with E-state index in [1.807, 2.05) is 43.6 Å². The summed E-state index contributed by atoms with van der Waals surface area (Å²) in [6, 6.07) is 9.58. The number of aryl methyl sites for hydroxylation is 1. The highest BCUT2D eigenvalue weighted by Gasteiger charge is 2.01. The van der Waals surface area contributed by atoms with Gasteiger partial charge in [0.1, 0.15) is 0 Å². The Morgan fingerprint density at radius 1 is 1.35 bits per heavy atom. The van der Waals surface area contributed by atoms with Crippen LogP contribution in [0.25, 0.3) is 11.3 Å². The third kappa shape index (κ3) is 2.84. The number of hydrogen-bond acceptors (Lipinski definition) is 2. The summed E-state index contributed by atoms with van der Waals surface area (Å²) in [5.74, 6) is 0. The van der Waals surface area contributed by atoms with Crippen molar-refractivity contribution in [2.75, 3.05) is 0 Å². The van der Waals surface area contributed by atoms with Gasteiger partial charge >= 0.3 is 6.09 Å². The van der Waals surface area contributed by atoms with Crippen LogP contribution in [0.1, 0.15) is 5.56 Å². The monoisotopic (exact) mass is 231 g/mol. The van der Waals surface area contributed by atoms with Crippen molar-refractivity contribution in [3.05, 3.63) is 42.1 Å². The van der Waals surface area contributed by atoms with E-state index < -0.39 is 6.09 Å². The Kier molecular flexibility index (Phi) is 3.09. The van der Waals surface area contributed by atoms with Crippen LogP contribution in [0.4, 0.5) is 4.79 Å². The zero-order valence-electron chi connectivity index (χ0n) is 9.42. The quantitative estimate of drug-likeness (QED) is 0.847. The van der Waals surface area contributed by atoms with Gasteiger partial charge in [0.15, 0.2) is 0 Å². The first kappa shape index (κ1) is 11.2. The molecular weight excluding hydrogens is 218 g/mol. The Labute approximate surface area is 98.7 Å². The van der Waals surface area contributed by atoms with Crippen molar-refractivity contribution in [2.45, 2.75) is 6.54 Å². The molecule has 0 aliphatic rings. The molecule has 0 fully saturated rings. The Balaban J connectivity index is 2.10. The van der Waals surface area contributed by atoms with Gasteiger partial charge in [0.05, 0.1) is 5.69 Å². The summed E-state index contributed by atoms with van der Waals surface area (Å²) in [4.78, 5) is 10.3. The van der Waals surface area contributed by atoms with Gasteiger partial charge in [0.25, 0.3) is 0 Å². The zero-order valence-corrected chi connectivity index (χ0v) is 9.42. The first-order valence-corrected chi connectivity index (χ1v) is 5.21. The van der Waals surface area contributed by atoms with Gasteiger partial charge in [-0.05, 0) is 11.6 Å². The number of carbonyl (C=O) groups is 1. The second kappa shape index (κ2) is 4.69. The molecule has 0 aliphatic heterocycles. The van der Waals surface area contributed by atoms with Crippen molar-refractivity contribution < 1.29 is 9.90 Å². The SMILES string of the molecule is Cn1ccc(-c2ccc(CNC(=O)O)cc2)n1. The van der Waals surface area contributed by atoms with Gasteiger partial charge in [-0.1, -0.05) is 24.3 Å². The third-order valence-electron chi connectivity index (χ3n) is 2.41. The smallest absolute Gasteiger partial charge is 0.404 e. The average molecular weight is 231 g/mol. The van der Waals surface area contributed by atoms with E-state index in [0.717, 1.165) is 16.8 Å². The Hall–Kier alpha value is -2.30. The van der Waals surface area contributed by atoms with E-state index in [1.165, 1.54) is 0 Å². The average Bonchev–Trinajstić information content (AvgIpc) is 2.74. The normalized spacial score (nSPS) is 10.2. The van der Waals surface area contributed by atoms with Crippen molar-refractivity contribution in [2.24, 2.45) is 7.05 Å². The molecule has 0 bridgehead atoms. The van der Waals surface area contributed by atoms with Crippen LogP contribution in [0, 0.1) is 0 Å². The molecule has 0 spiro atoms. The number of carboxylic acid groups (broad SMARTS) is 1. The summed E-state index contributed by atoms with van der Waals surface area (Å²) in [7, 11) is 1.87. The van der Waals surface area contributed by atoms with E-state index in [1.54, 1.807) is 4.68 Å². The Morgan fingerprint density at radius 2 is 2.06 bits per heavy atom. The lowest BCUT2D eigenvalue weighted by atomic mass is 10.1. The zero-order chi connectivity index (χ0) is 12.3. The molecular formula is C12H13N3O2. The van der Waals surface area contributed by atoms with Crippen LogP contribution in [0.3, 0.4) is 0 Å². The predicted octanol–water partition coefficient (Wildman–Crippen LogP) is 1.85. The van der Waals surface area contributed by atoms with Gasteiger partial charge < -0.3 is 10.4 Å². The minimum atomic E-state index is -1.01. The maximum Gasteiger partial charge on any atom is 0.404 e. The summed E-state index contributed by atoms with van der Waals surface area (Å²) in [5, 5.41) is 15.1. The van der Waals surface area contributed by atoms with Crippen LogP contribution in [0.15, 0.2) is 36.5 Å². The number of rotatable bonds is 3. The molecule has 1 aromatic heterocycles. The van der Waals surface area contributed by atoms with E-state index in [4.69, 9.17) is 5.11 Å². The number of benzene rings is 1. The predicted molar refractivity (Wildman–Crippen MR) is 63.5 cm³/mol. The number of nitrogens with zero attached hydrogens (tertiary/aromatic N) is 2. The molecule has 17 heavy (non-hydrogen) atoms. The molecule has 1 aromatic carbocycles. The van der Waals surface area contributed by atoms with Gasteiger partial charge in [-0.25, -0.2) is 4.79 Å². The molecule has 0 unspecified atom stereocenters. The van der Waals surface area contributed by atoms with Crippen LogP contribution < -0.4 is 5.32 Å². The number of aromatic nitrogens is 2. The van der Waals surface area contributed by atoms with Crippen LogP contribution in [-0.4, -0.2) is 21.0 Å². The molecule has 1 amide bonds. The van der Waals surface area contributed by atoms with Crippen LogP contribution in [-0.2, 0) is 13.6 Å². The summed E-state index contributed by atoms with van der Waals surface area (Å²) < 4.78 is 1.75. The van der Waals surface area contributed by atoms with Crippen LogP contribution in [0.2, 0.25) is 0 Å². The van der Waals surface area contributed by atoms with Gasteiger partial charge in [-0.3, -0.25) is 4.68 Å². The van der Waals surface area contributed by atoms with Gasteiger partial charge in [-0.2, -0.15) is 5.10 Å². The molecule has 0 atom stereocenters. The third-order valence-corrected chi connectivity index (χ3v) is 2.41. The minimum Gasteiger partial charge on any atom is -0.465 e. The maximum absolute atomic E-state index is 10.3. The lowest BCUT2D eigenvalue weighted by molar-refractivity contribution is 0.194. The second-order valence-corrected chi connectivity index (χ2v) is 3.73. The van der Waals surface area contributed by atoms with Gasteiger partial charge in [-0.15, -0.1) is 0 Å².